The molecule has 0 amide bonds. The zero-order valence-electron chi connectivity index (χ0n) is 11.7. The normalized spacial score (nSPS) is 19.9. The molecule has 20 heavy (non-hydrogen) atoms. The van der Waals surface area contributed by atoms with Crippen molar-refractivity contribution in [2.75, 3.05) is 7.11 Å². The van der Waals surface area contributed by atoms with Crippen molar-refractivity contribution < 1.29 is 9.53 Å². The highest BCUT2D eigenvalue weighted by Gasteiger charge is 2.52. The van der Waals surface area contributed by atoms with E-state index in [-0.39, 0.29) is 11.4 Å². The number of rotatable bonds is 3. The molecule has 1 aromatic rings. The second-order valence-corrected chi connectivity index (χ2v) is 5.58. The standard InChI is InChI=1S/C17H17BO2/c1-20-16(19)17(10-11-17)14-6-2-12(3-7-14)13-4-8-15(18)9-5-13/h2-4,6-8H,5,9-11H2,1H3. The molecule has 1 aromatic carbocycles. The van der Waals surface area contributed by atoms with Crippen molar-refractivity contribution in [3.05, 3.63) is 53.0 Å². The Morgan fingerprint density at radius 2 is 1.85 bits per heavy atom. The summed E-state index contributed by atoms with van der Waals surface area (Å²) in [6.45, 7) is 0. The van der Waals surface area contributed by atoms with Crippen LogP contribution in [0.3, 0.4) is 0 Å². The third-order valence-electron chi connectivity index (χ3n) is 4.32. The van der Waals surface area contributed by atoms with Gasteiger partial charge in [0, 0.05) is 0 Å². The number of hydrogen-bond acceptors (Lipinski definition) is 2. The molecule has 0 spiro atoms. The van der Waals surface area contributed by atoms with Crippen molar-refractivity contribution in [3.8, 4) is 0 Å². The molecule has 0 bridgehead atoms. The lowest BCUT2D eigenvalue weighted by Gasteiger charge is -2.16. The summed E-state index contributed by atoms with van der Waals surface area (Å²) in [6, 6.07) is 8.31. The topological polar surface area (TPSA) is 26.3 Å². The Balaban J connectivity index is 1.84. The molecule has 0 heterocycles. The van der Waals surface area contributed by atoms with Crippen LogP contribution >= 0.6 is 0 Å². The molecule has 100 valence electrons. The molecule has 2 radical (unpaired) electrons. The summed E-state index contributed by atoms with van der Waals surface area (Å²) < 4.78 is 4.92. The molecular formula is C17H17BO2. The van der Waals surface area contributed by atoms with Gasteiger partial charge in [-0.1, -0.05) is 36.4 Å². The number of methoxy groups -OCH3 is 1. The summed E-state index contributed by atoms with van der Waals surface area (Å²) in [5.41, 5.74) is 4.14. The maximum absolute atomic E-state index is 11.9. The molecule has 0 saturated heterocycles. The fourth-order valence-electron chi connectivity index (χ4n) is 2.83. The average molecular weight is 264 g/mol. The third kappa shape index (κ3) is 2.22. The second kappa shape index (κ2) is 4.97. The van der Waals surface area contributed by atoms with Gasteiger partial charge in [-0.15, -0.1) is 5.47 Å². The molecule has 2 aliphatic carbocycles. The predicted octanol–water partition coefficient (Wildman–Crippen LogP) is 3.12. The van der Waals surface area contributed by atoms with Crippen molar-refractivity contribution in [1.29, 1.82) is 0 Å². The monoisotopic (exact) mass is 264 g/mol. The van der Waals surface area contributed by atoms with Crippen LogP contribution in [-0.4, -0.2) is 20.9 Å². The number of ether oxygens (including phenoxy) is 1. The summed E-state index contributed by atoms with van der Waals surface area (Å²) >= 11 is 0. The third-order valence-corrected chi connectivity index (χ3v) is 4.32. The molecule has 0 aliphatic heterocycles. The summed E-state index contributed by atoms with van der Waals surface area (Å²) in [5.74, 6) is -0.113. The Labute approximate surface area is 120 Å². The van der Waals surface area contributed by atoms with Gasteiger partial charge in [0.05, 0.1) is 12.5 Å². The molecule has 2 aliphatic rings. The van der Waals surface area contributed by atoms with E-state index in [0.717, 1.165) is 36.7 Å². The molecule has 0 N–H and O–H groups in total. The van der Waals surface area contributed by atoms with Crippen LogP contribution in [0.15, 0.2) is 41.9 Å². The second-order valence-electron chi connectivity index (χ2n) is 5.58. The predicted molar refractivity (Wildman–Crippen MR) is 80.4 cm³/mol. The molecular weight excluding hydrogens is 247 g/mol. The van der Waals surface area contributed by atoms with E-state index in [1.807, 2.05) is 6.08 Å². The smallest absolute Gasteiger partial charge is 0.316 e. The molecule has 0 unspecified atom stereocenters. The van der Waals surface area contributed by atoms with Gasteiger partial charge in [-0.05, 0) is 42.4 Å². The van der Waals surface area contributed by atoms with Gasteiger partial charge in [0.15, 0.2) is 0 Å². The molecule has 3 rings (SSSR count). The summed E-state index contributed by atoms with van der Waals surface area (Å²) in [7, 11) is 7.24. The SMILES string of the molecule is [B]C1=CC=C(c2ccc(C3(C(=O)OC)CC3)cc2)CC1. The van der Waals surface area contributed by atoms with Crippen molar-refractivity contribution >= 4 is 19.4 Å². The minimum atomic E-state index is -0.376. The lowest BCUT2D eigenvalue weighted by molar-refractivity contribution is -0.143. The quantitative estimate of drug-likeness (QED) is 0.619. The molecule has 1 fully saturated rings. The minimum Gasteiger partial charge on any atom is -0.468 e. The van der Waals surface area contributed by atoms with Crippen LogP contribution in [0, 0.1) is 0 Å². The fraction of sp³-hybridized carbons (Fsp3) is 0.353. The van der Waals surface area contributed by atoms with Crippen LogP contribution in [0.5, 0.6) is 0 Å². The molecule has 0 aromatic heterocycles. The molecule has 2 nitrogen and oxygen atoms in total. The van der Waals surface area contributed by atoms with Gasteiger partial charge >= 0.3 is 5.97 Å². The van der Waals surface area contributed by atoms with Crippen LogP contribution < -0.4 is 0 Å². The first-order valence-electron chi connectivity index (χ1n) is 7.00. The van der Waals surface area contributed by atoms with E-state index in [9.17, 15) is 4.79 Å². The molecule has 1 saturated carbocycles. The van der Waals surface area contributed by atoms with Gasteiger partial charge < -0.3 is 4.74 Å². The van der Waals surface area contributed by atoms with Crippen LogP contribution in [-0.2, 0) is 14.9 Å². The zero-order valence-corrected chi connectivity index (χ0v) is 11.7. The number of hydrogen-bond donors (Lipinski definition) is 0. The van der Waals surface area contributed by atoms with Crippen LogP contribution in [0.1, 0.15) is 36.8 Å². The van der Waals surface area contributed by atoms with E-state index in [1.54, 1.807) is 0 Å². The van der Waals surface area contributed by atoms with Crippen LogP contribution in [0.4, 0.5) is 0 Å². The Kier molecular flexibility index (Phi) is 3.29. The highest BCUT2D eigenvalue weighted by atomic mass is 16.5. The van der Waals surface area contributed by atoms with Gasteiger partial charge in [-0.2, -0.15) is 0 Å². The molecule has 3 heteroatoms. The summed E-state index contributed by atoms with van der Waals surface area (Å²) in [4.78, 5) is 11.9. The Morgan fingerprint density at radius 3 is 2.35 bits per heavy atom. The lowest BCUT2D eigenvalue weighted by Crippen LogP contribution is -2.21. The zero-order chi connectivity index (χ0) is 14.2. The van der Waals surface area contributed by atoms with Crippen LogP contribution in [0.2, 0.25) is 0 Å². The van der Waals surface area contributed by atoms with Gasteiger partial charge in [0.25, 0.3) is 0 Å². The van der Waals surface area contributed by atoms with Gasteiger partial charge in [0.1, 0.15) is 7.85 Å². The fourth-order valence-corrected chi connectivity index (χ4v) is 2.83. The average Bonchev–Trinajstić information content (AvgIpc) is 3.29. The van der Waals surface area contributed by atoms with Crippen molar-refractivity contribution in [2.45, 2.75) is 31.1 Å². The van der Waals surface area contributed by atoms with Gasteiger partial charge in [-0.25, -0.2) is 0 Å². The number of allylic oxidation sites excluding steroid dienone is 4. The van der Waals surface area contributed by atoms with Crippen molar-refractivity contribution in [3.63, 3.8) is 0 Å². The maximum atomic E-state index is 11.9. The Bertz CT molecular complexity index is 592. The summed E-state index contributed by atoms with van der Waals surface area (Å²) in [6.07, 6.45) is 7.73. The van der Waals surface area contributed by atoms with Gasteiger partial charge in [0.2, 0.25) is 0 Å². The number of carbonyl (C=O) groups is 1. The maximum Gasteiger partial charge on any atom is 0.316 e. The number of esters is 1. The van der Waals surface area contributed by atoms with E-state index in [0.29, 0.717) is 0 Å². The highest BCUT2D eigenvalue weighted by Crippen LogP contribution is 2.49. The molecule has 0 atom stereocenters. The largest absolute Gasteiger partial charge is 0.468 e. The van der Waals surface area contributed by atoms with Gasteiger partial charge in [-0.3, -0.25) is 4.79 Å². The summed E-state index contributed by atoms with van der Waals surface area (Å²) in [5, 5.41) is 0. The lowest BCUT2D eigenvalue weighted by atomic mass is 9.83. The highest BCUT2D eigenvalue weighted by molar-refractivity contribution is 6.22. The van der Waals surface area contributed by atoms with Crippen LogP contribution in [0.25, 0.3) is 5.57 Å². The van der Waals surface area contributed by atoms with E-state index in [2.05, 4.69) is 30.3 Å². The first kappa shape index (κ1) is 13.2. The first-order valence-corrected chi connectivity index (χ1v) is 7.00. The number of carbonyl (C=O) groups excluding carboxylic acids is 1. The van der Waals surface area contributed by atoms with E-state index in [4.69, 9.17) is 12.6 Å². The van der Waals surface area contributed by atoms with Crippen molar-refractivity contribution in [1.82, 2.24) is 0 Å². The van der Waals surface area contributed by atoms with Crippen molar-refractivity contribution in [2.24, 2.45) is 0 Å². The number of benzene rings is 1. The Hall–Kier alpha value is -1.77. The first-order chi connectivity index (χ1) is 9.65. The van der Waals surface area contributed by atoms with E-state index < -0.39 is 0 Å². The van der Waals surface area contributed by atoms with E-state index >= 15 is 0 Å². The minimum absolute atomic E-state index is 0.113. The Morgan fingerprint density at radius 1 is 1.15 bits per heavy atom. The van der Waals surface area contributed by atoms with E-state index in [1.165, 1.54) is 18.2 Å².